The molecular weight excluding hydrogens is 523 g/mol. The first-order chi connectivity index (χ1) is 19.0. The lowest BCUT2D eigenvalue weighted by Gasteiger charge is -2.41. The van der Waals surface area contributed by atoms with E-state index >= 15 is 0 Å². The molecule has 0 fully saturated rings. The number of halogens is 3. The van der Waals surface area contributed by atoms with Crippen LogP contribution in [-0.4, -0.2) is 39.4 Å². The second kappa shape index (κ2) is 10.5. The zero-order valence-electron chi connectivity index (χ0n) is 21.9. The van der Waals surface area contributed by atoms with Gasteiger partial charge in [0.05, 0.1) is 24.0 Å². The monoisotopic (exact) mass is 549 g/mol. The molecule has 1 aliphatic heterocycles. The van der Waals surface area contributed by atoms with Crippen molar-refractivity contribution in [2.45, 2.75) is 32.9 Å². The highest BCUT2D eigenvalue weighted by Gasteiger charge is 2.32. The summed E-state index contributed by atoms with van der Waals surface area (Å²) < 4.78 is 39.3. The van der Waals surface area contributed by atoms with Crippen LogP contribution in [0.1, 0.15) is 32.7 Å². The number of nitrogens with zero attached hydrogens (tertiary/aromatic N) is 5. The molecule has 0 saturated heterocycles. The van der Waals surface area contributed by atoms with Crippen molar-refractivity contribution in [2.24, 2.45) is 0 Å². The Labute approximate surface area is 228 Å². The standard InChI is InChI=1S/C28H26F3N7O2/c1-16-7-9-21(34-25(39)18-5-4-6-20(11-18)28(29,30)31)12-23(16)38-15-19-13-33-26(36-24(19)37(3)27(38)40)35-22-10-8-17(2)32-14-22/h4-14,27,40H,15H2,1-3H3,(H,34,39)(H,33,35,36). The number of aryl methyl sites for hydroxylation is 2. The summed E-state index contributed by atoms with van der Waals surface area (Å²) in [4.78, 5) is 29.3. The van der Waals surface area contributed by atoms with E-state index in [1.165, 1.54) is 12.1 Å². The van der Waals surface area contributed by atoms with Gasteiger partial charge in [0.2, 0.25) is 12.3 Å². The fourth-order valence-corrected chi connectivity index (χ4v) is 4.38. The number of benzene rings is 2. The van der Waals surface area contributed by atoms with E-state index in [1.54, 1.807) is 47.4 Å². The number of aromatic nitrogens is 3. The first-order valence-electron chi connectivity index (χ1n) is 12.3. The molecule has 5 rings (SSSR count). The maximum absolute atomic E-state index is 13.1. The summed E-state index contributed by atoms with van der Waals surface area (Å²) >= 11 is 0. The molecule has 1 amide bonds. The molecule has 0 spiro atoms. The normalized spacial score (nSPS) is 15.0. The molecule has 2 aromatic carbocycles. The van der Waals surface area contributed by atoms with Crippen molar-refractivity contribution in [1.82, 2.24) is 15.0 Å². The minimum Gasteiger partial charge on any atom is -0.356 e. The number of pyridine rings is 1. The number of amides is 1. The van der Waals surface area contributed by atoms with Gasteiger partial charge in [-0.25, -0.2) is 4.98 Å². The van der Waals surface area contributed by atoms with Crippen molar-refractivity contribution in [3.63, 3.8) is 0 Å². The number of carbonyl (C=O) groups is 1. The molecule has 1 atom stereocenters. The zero-order valence-corrected chi connectivity index (χ0v) is 21.9. The van der Waals surface area contributed by atoms with E-state index in [4.69, 9.17) is 0 Å². The van der Waals surface area contributed by atoms with E-state index in [0.717, 1.165) is 34.6 Å². The first kappa shape index (κ1) is 26.9. The Morgan fingerprint density at radius 1 is 1.02 bits per heavy atom. The van der Waals surface area contributed by atoms with Gasteiger partial charge < -0.3 is 25.5 Å². The lowest BCUT2D eigenvalue weighted by Crippen LogP contribution is -2.51. The van der Waals surface area contributed by atoms with Gasteiger partial charge in [-0.2, -0.15) is 18.2 Å². The molecule has 0 bridgehead atoms. The lowest BCUT2D eigenvalue weighted by molar-refractivity contribution is -0.137. The molecule has 40 heavy (non-hydrogen) atoms. The fourth-order valence-electron chi connectivity index (χ4n) is 4.38. The molecule has 206 valence electrons. The van der Waals surface area contributed by atoms with Crippen LogP contribution in [0.3, 0.4) is 0 Å². The van der Waals surface area contributed by atoms with E-state index < -0.39 is 24.0 Å². The number of hydrogen-bond acceptors (Lipinski definition) is 8. The van der Waals surface area contributed by atoms with Crippen molar-refractivity contribution in [1.29, 1.82) is 0 Å². The number of aliphatic hydroxyl groups is 1. The average Bonchev–Trinajstić information content (AvgIpc) is 2.93. The second-order valence-electron chi connectivity index (χ2n) is 9.47. The summed E-state index contributed by atoms with van der Waals surface area (Å²) in [5.41, 5.74) is 3.16. The third-order valence-electron chi connectivity index (χ3n) is 6.54. The highest BCUT2D eigenvalue weighted by Crippen LogP contribution is 2.35. The van der Waals surface area contributed by atoms with Crippen LogP contribution in [0.15, 0.2) is 67.0 Å². The Morgan fingerprint density at radius 3 is 2.52 bits per heavy atom. The van der Waals surface area contributed by atoms with Gasteiger partial charge in [-0.05, 0) is 61.9 Å². The number of anilines is 5. The molecule has 3 heterocycles. The molecule has 1 unspecified atom stereocenters. The van der Waals surface area contributed by atoms with Crippen LogP contribution < -0.4 is 20.4 Å². The second-order valence-corrected chi connectivity index (χ2v) is 9.47. The Hall–Kier alpha value is -4.71. The number of carbonyl (C=O) groups excluding carboxylic acids is 1. The van der Waals surface area contributed by atoms with Crippen molar-refractivity contribution in [3.05, 3.63) is 94.9 Å². The lowest BCUT2D eigenvalue weighted by atomic mass is 10.1. The van der Waals surface area contributed by atoms with E-state index in [2.05, 4.69) is 25.6 Å². The molecule has 0 aliphatic carbocycles. The van der Waals surface area contributed by atoms with Crippen LogP contribution in [-0.2, 0) is 12.7 Å². The van der Waals surface area contributed by atoms with E-state index in [-0.39, 0.29) is 12.1 Å². The SMILES string of the molecule is Cc1ccc(Nc2ncc3c(n2)N(C)C(O)N(c2cc(NC(=O)c4cccc(C(F)(F)F)c4)ccc2C)C3)cn1. The zero-order chi connectivity index (χ0) is 28.6. The molecule has 1 aliphatic rings. The van der Waals surface area contributed by atoms with Gasteiger partial charge in [-0.15, -0.1) is 0 Å². The smallest absolute Gasteiger partial charge is 0.356 e. The molecule has 2 aromatic heterocycles. The summed E-state index contributed by atoms with van der Waals surface area (Å²) in [5, 5.41) is 17.0. The number of alkyl halides is 3. The number of hydrogen-bond donors (Lipinski definition) is 3. The van der Waals surface area contributed by atoms with Crippen LogP contribution >= 0.6 is 0 Å². The van der Waals surface area contributed by atoms with E-state index in [9.17, 15) is 23.1 Å². The molecule has 3 N–H and O–H groups in total. The van der Waals surface area contributed by atoms with Crippen molar-refractivity contribution in [2.75, 3.05) is 27.5 Å². The van der Waals surface area contributed by atoms with Crippen LogP contribution in [0.5, 0.6) is 0 Å². The highest BCUT2D eigenvalue weighted by molar-refractivity contribution is 6.04. The maximum atomic E-state index is 13.1. The molecule has 0 saturated carbocycles. The molecular formula is C28H26F3N7O2. The predicted octanol–water partition coefficient (Wildman–Crippen LogP) is 5.24. The van der Waals surface area contributed by atoms with Gasteiger partial charge in [0.15, 0.2) is 0 Å². The van der Waals surface area contributed by atoms with Gasteiger partial charge in [0, 0.05) is 41.4 Å². The summed E-state index contributed by atoms with van der Waals surface area (Å²) in [7, 11) is 1.70. The Bertz CT molecular complexity index is 1560. The minimum absolute atomic E-state index is 0.119. The quantitative estimate of drug-likeness (QED) is 0.311. The summed E-state index contributed by atoms with van der Waals surface area (Å²) in [6.45, 7) is 4.02. The van der Waals surface area contributed by atoms with Crippen LogP contribution in [0.4, 0.5) is 42.0 Å². The summed E-state index contributed by atoms with van der Waals surface area (Å²) in [6, 6.07) is 13.1. The van der Waals surface area contributed by atoms with E-state index in [0.29, 0.717) is 23.1 Å². The van der Waals surface area contributed by atoms with Crippen LogP contribution in [0, 0.1) is 13.8 Å². The Morgan fingerprint density at radius 2 is 1.80 bits per heavy atom. The third kappa shape index (κ3) is 5.52. The summed E-state index contributed by atoms with van der Waals surface area (Å²) in [6.07, 6.45) is -2.29. The van der Waals surface area contributed by atoms with Crippen LogP contribution in [0.25, 0.3) is 0 Å². The predicted molar refractivity (Wildman–Crippen MR) is 145 cm³/mol. The Kier molecular flexibility index (Phi) is 7.03. The van der Waals surface area contributed by atoms with Crippen molar-refractivity contribution < 1.29 is 23.1 Å². The molecule has 4 aromatic rings. The Balaban J connectivity index is 1.37. The average molecular weight is 550 g/mol. The third-order valence-corrected chi connectivity index (χ3v) is 6.54. The van der Waals surface area contributed by atoms with Crippen molar-refractivity contribution in [3.8, 4) is 0 Å². The fraction of sp³-hybridized carbons (Fsp3) is 0.214. The number of aliphatic hydroxyl groups excluding tert-OH is 1. The molecule has 0 radical (unpaired) electrons. The van der Waals surface area contributed by atoms with Gasteiger partial charge >= 0.3 is 6.18 Å². The maximum Gasteiger partial charge on any atom is 0.416 e. The van der Waals surface area contributed by atoms with Gasteiger partial charge in [-0.1, -0.05) is 12.1 Å². The van der Waals surface area contributed by atoms with Gasteiger partial charge in [-0.3, -0.25) is 9.78 Å². The summed E-state index contributed by atoms with van der Waals surface area (Å²) in [5.74, 6) is 0.222. The highest BCUT2D eigenvalue weighted by atomic mass is 19.4. The van der Waals surface area contributed by atoms with Crippen molar-refractivity contribution >= 4 is 34.7 Å². The number of fused-ring (bicyclic) bond motifs is 1. The number of rotatable bonds is 5. The molecule has 9 nitrogen and oxygen atoms in total. The molecule has 12 heteroatoms. The van der Waals surface area contributed by atoms with Gasteiger partial charge in [0.25, 0.3) is 5.91 Å². The van der Waals surface area contributed by atoms with Gasteiger partial charge in [0.1, 0.15) is 5.82 Å². The number of nitrogens with one attached hydrogen (secondary N) is 2. The van der Waals surface area contributed by atoms with Crippen LogP contribution in [0.2, 0.25) is 0 Å². The minimum atomic E-state index is -4.56. The largest absolute Gasteiger partial charge is 0.416 e. The van der Waals surface area contributed by atoms with E-state index in [1.807, 2.05) is 26.0 Å². The first-order valence-corrected chi connectivity index (χ1v) is 12.3. The topological polar surface area (TPSA) is 107 Å².